The molecule has 0 spiro atoms. The third-order valence-electron chi connectivity index (χ3n) is 3.28. The molecule has 0 aliphatic carbocycles. The van der Waals surface area contributed by atoms with E-state index in [1.807, 2.05) is 31.2 Å². The Labute approximate surface area is 153 Å². The van der Waals surface area contributed by atoms with Gasteiger partial charge in [-0.3, -0.25) is 4.79 Å². The highest BCUT2D eigenvalue weighted by Crippen LogP contribution is 2.24. The lowest BCUT2D eigenvalue weighted by Gasteiger charge is -2.10. The van der Waals surface area contributed by atoms with E-state index in [9.17, 15) is 4.79 Å². The van der Waals surface area contributed by atoms with Gasteiger partial charge < -0.3 is 10.1 Å². The Balaban J connectivity index is 1.74. The molecule has 0 radical (unpaired) electrons. The van der Waals surface area contributed by atoms with Gasteiger partial charge in [0.1, 0.15) is 5.75 Å². The highest BCUT2D eigenvalue weighted by molar-refractivity contribution is 14.1. The number of hydrogen-bond donors (Lipinski definition) is 1. The number of rotatable bonds is 4. The Kier molecular flexibility index (Phi) is 5.05. The fourth-order valence-electron chi connectivity index (χ4n) is 2.11. The summed E-state index contributed by atoms with van der Waals surface area (Å²) in [7, 11) is 0. The Morgan fingerprint density at radius 2 is 1.88 bits per heavy atom. The van der Waals surface area contributed by atoms with Gasteiger partial charge in [-0.15, -0.1) is 0 Å². The van der Waals surface area contributed by atoms with E-state index >= 15 is 0 Å². The molecule has 120 valence electrons. The van der Waals surface area contributed by atoms with Crippen LogP contribution in [0.25, 0.3) is 0 Å². The molecule has 0 fully saturated rings. The van der Waals surface area contributed by atoms with Gasteiger partial charge in [-0.2, -0.15) is 0 Å². The molecule has 2 aromatic carbocycles. The maximum Gasteiger partial charge on any atom is 0.321 e. The summed E-state index contributed by atoms with van der Waals surface area (Å²) >= 11 is 2.18. The molecule has 0 saturated heterocycles. The summed E-state index contributed by atoms with van der Waals surface area (Å²) in [6.07, 6.45) is 3.23. The van der Waals surface area contributed by atoms with E-state index in [0.717, 1.165) is 14.8 Å². The Bertz CT molecular complexity index is 869. The van der Waals surface area contributed by atoms with Crippen LogP contribution in [0.15, 0.2) is 60.9 Å². The minimum atomic E-state index is -0.142. The predicted molar refractivity (Wildman–Crippen MR) is 100 cm³/mol. The lowest BCUT2D eigenvalue weighted by atomic mass is 10.1. The van der Waals surface area contributed by atoms with E-state index in [2.05, 4.69) is 37.9 Å². The van der Waals surface area contributed by atoms with Crippen LogP contribution in [0.5, 0.6) is 11.8 Å². The number of nitrogens with zero attached hydrogens (tertiary/aromatic N) is 2. The molecule has 0 bridgehead atoms. The van der Waals surface area contributed by atoms with Crippen LogP contribution in [-0.2, 0) is 0 Å². The van der Waals surface area contributed by atoms with Crippen molar-refractivity contribution in [1.82, 2.24) is 9.97 Å². The average Bonchev–Trinajstić information content (AvgIpc) is 2.58. The van der Waals surface area contributed by atoms with Crippen LogP contribution in [0, 0.1) is 10.5 Å². The van der Waals surface area contributed by atoms with Gasteiger partial charge in [-0.1, -0.05) is 6.07 Å². The summed E-state index contributed by atoms with van der Waals surface area (Å²) in [5.74, 6) is 0.475. The molecule has 24 heavy (non-hydrogen) atoms. The summed E-state index contributed by atoms with van der Waals surface area (Å²) in [4.78, 5) is 20.4. The molecule has 3 aromatic rings. The van der Waals surface area contributed by atoms with Crippen molar-refractivity contribution < 1.29 is 9.53 Å². The number of halogens is 1. The molecule has 0 unspecified atom stereocenters. The van der Waals surface area contributed by atoms with Gasteiger partial charge in [-0.05, 0) is 77.5 Å². The standard InChI is InChI=1S/C18H14IN3O2/c1-12-10-15(24-18-20-8-3-9-21-18)6-7-16(12)22-17(23)13-4-2-5-14(19)11-13/h2-11H,1H3,(H,22,23). The van der Waals surface area contributed by atoms with Crippen molar-refractivity contribution in [3.63, 3.8) is 0 Å². The number of nitrogens with one attached hydrogen (secondary N) is 1. The van der Waals surface area contributed by atoms with Crippen molar-refractivity contribution in [3.8, 4) is 11.8 Å². The zero-order chi connectivity index (χ0) is 16.9. The summed E-state index contributed by atoms with van der Waals surface area (Å²) in [6.45, 7) is 1.91. The van der Waals surface area contributed by atoms with Crippen LogP contribution >= 0.6 is 22.6 Å². The zero-order valence-corrected chi connectivity index (χ0v) is 15.0. The summed E-state index contributed by atoms with van der Waals surface area (Å²) in [5, 5.41) is 2.92. The molecule has 1 N–H and O–H groups in total. The zero-order valence-electron chi connectivity index (χ0n) is 12.9. The molecule has 0 atom stereocenters. The van der Waals surface area contributed by atoms with E-state index in [4.69, 9.17) is 4.74 Å². The number of hydrogen-bond acceptors (Lipinski definition) is 4. The number of carbonyl (C=O) groups excluding carboxylic acids is 1. The second kappa shape index (κ2) is 7.39. The van der Waals surface area contributed by atoms with E-state index in [0.29, 0.717) is 11.3 Å². The van der Waals surface area contributed by atoms with Crippen LogP contribution < -0.4 is 10.1 Å². The summed E-state index contributed by atoms with van der Waals surface area (Å²) in [6, 6.07) is 14.9. The number of carbonyl (C=O) groups is 1. The predicted octanol–water partition coefficient (Wildman–Crippen LogP) is 4.43. The lowest BCUT2D eigenvalue weighted by Crippen LogP contribution is -2.12. The molecule has 1 aromatic heterocycles. The van der Waals surface area contributed by atoms with Crippen molar-refractivity contribution >= 4 is 34.2 Å². The molecule has 0 aliphatic rings. The fourth-order valence-corrected chi connectivity index (χ4v) is 2.65. The Morgan fingerprint density at radius 3 is 2.58 bits per heavy atom. The summed E-state index contributed by atoms with van der Waals surface area (Å²) < 4.78 is 6.60. The Morgan fingerprint density at radius 1 is 1.08 bits per heavy atom. The minimum absolute atomic E-state index is 0.142. The third kappa shape index (κ3) is 4.08. The van der Waals surface area contributed by atoms with Crippen molar-refractivity contribution in [2.75, 3.05) is 5.32 Å². The van der Waals surface area contributed by atoms with Crippen LogP contribution in [-0.4, -0.2) is 15.9 Å². The molecule has 3 rings (SSSR count). The highest BCUT2D eigenvalue weighted by Gasteiger charge is 2.09. The topological polar surface area (TPSA) is 64.1 Å². The normalized spacial score (nSPS) is 10.2. The first-order chi connectivity index (χ1) is 11.6. The molecule has 5 nitrogen and oxygen atoms in total. The van der Waals surface area contributed by atoms with E-state index in [1.54, 1.807) is 36.7 Å². The van der Waals surface area contributed by atoms with Crippen LogP contribution in [0.4, 0.5) is 5.69 Å². The Hall–Kier alpha value is -2.48. The highest BCUT2D eigenvalue weighted by atomic mass is 127. The van der Waals surface area contributed by atoms with Crippen molar-refractivity contribution in [2.45, 2.75) is 6.92 Å². The van der Waals surface area contributed by atoms with Crippen LogP contribution in [0.2, 0.25) is 0 Å². The smallest absolute Gasteiger partial charge is 0.321 e. The largest absolute Gasteiger partial charge is 0.424 e. The van der Waals surface area contributed by atoms with Crippen LogP contribution in [0.3, 0.4) is 0 Å². The first kappa shape index (κ1) is 16.4. The average molecular weight is 431 g/mol. The van der Waals surface area contributed by atoms with Gasteiger partial charge in [0.2, 0.25) is 0 Å². The fraction of sp³-hybridized carbons (Fsp3) is 0.0556. The SMILES string of the molecule is Cc1cc(Oc2ncccn2)ccc1NC(=O)c1cccc(I)c1. The van der Waals surface area contributed by atoms with Gasteiger partial charge in [-0.25, -0.2) is 9.97 Å². The van der Waals surface area contributed by atoms with Gasteiger partial charge >= 0.3 is 6.01 Å². The number of amides is 1. The van der Waals surface area contributed by atoms with Gasteiger partial charge in [0, 0.05) is 27.2 Å². The monoisotopic (exact) mass is 431 g/mol. The molecular formula is C18H14IN3O2. The molecule has 0 aliphatic heterocycles. The van der Waals surface area contributed by atoms with Gasteiger partial charge in [0.25, 0.3) is 5.91 Å². The molecule has 0 saturated carbocycles. The molecule has 6 heteroatoms. The number of aromatic nitrogens is 2. The van der Waals surface area contributed by atoms with E-state index < -0.39 is 0 Å². The third-order valence-corrected chi connectivity index (χ3v) is 3.96. The maximum atomic E-state index is 12.3. The number of ether oxygens (including phenoxy) is 1. The molecule has 1 amide bonds. The quantitative estimate of drug-likeness (QED) is 0.621. The van der Waals surface area contributed by atoms with Crippen molar-refractivity contribution in [3.05, 3.63) is 75.6 Å². The number of benzene rings is 2. The van der Waals surface area contributed by atoms with Gasteiger partial charge in [0.05, 0.1) is 0 Å². The van der Waals surface area contributed by atoms with Gasteiger partial charge in [0.15, 0.2) is 0 Å². The number of anilines is 1. The lowest BCUT2D eigenvalue weighted by molar-refractivity contribution is 0.102. The van der Waals surface area contributed by atoms with Crippen molar-refractivity contribution in [1.29, 1.82) is 0 Å². The van der Waals surface area contributed by atoms with E-state index in [1.165, 1.54) is 0 Å². The van der Waals surface area contributed by atoms with Crippen LogP contribution in [0.1, 0.15) is 15.9 Å². The minimum Gasteiger partial charge on any atom is -0.424 e. The first-order valence-electron chi connectivity index (χ1n) is 7.24. The summed E-state index contributed by atoms with van der Waals surface area (Å²) in [5.41, 5.74) is 2.25. The molecule has 1 heterocycles. The number of aryl methyl sites for hydroxylation is 1. The molecular weight excluding hydrogens is 417 g/mol. The van der Waals surface area contributed by atoms with E-state index in [-0.39, 0.29) is 11.9 Å². The maximum absolute atomic E-state index is 12.3. The second-order valence-corrected chi connectivity index (χ2v) is 6.32. The first-order valence-corrected chi connectivity index (χ1v) is 8.32. The van der Waals surface area contributed by atoms with Crippen molar-refractivity contribution in [2.24, 2.45) is 0 Å². The second-order valence-electron chi connectivity index (χ2n) is 5.07.